The summed E-state index contributed by atoms with van der Waals surface area (Å²) in [4.78, 5) is 8.02. The van der Waals surface area contributed by atoms with Crippen LogP contribution in [0, 0.1) is 0 Å². The Morgan fingerprint density at radius 3 is 2.41 bits per heavy atom. The summed E-state index contributed by atoms with van der Waals surface area (Å²) in [5.74, 6) is 1.42. The molecule has 1 heterocycles. The first kappa shape index (κ1) is 17.8. The van der Waals surface area contributed by atoms with Crippen LogP contribution >= 0.6 is 0 Å². The quantitative estimate of drug-likeness (QED) is 0.433. The molecule has 0 aliphatic heterocycles. The molecule has 29 heavy (non-hydrogen) atoms. The molecule has 0 spiro atoms. The van der Waals surface area contributed by atoms with Gasteiger partial charge < -0.3 is 10.1 Å². The molecular weight excluding hydrogens is 377 g/mol. The normalized spacial score (nSPS) is 18.9. The van der Waals surface area contributed by atoms with Gasteiger partial charge in [-0.2, -0.15) is 13.2 Å². The number of hydrogen-bond donors (Lipinski definition) is 2. The first-order valence-electron chi connectivity index (χ1n) is 9.35. The minimum absolute atomic E-state index is 0.174. The first-order chi connectivity index (χ1) is 13.9. The van der Waals surface area contributed by atoms with E-state index in [0.717, 1.165) is 52.1 Å². The Labute approximate surface area is 164 Å². The number of rotatable bonds is 3. The maximum atomic E-state index is 12.7. The molecule has 2 N–H and O–H groups in total. The van der Waals surface area contributed by atoms with Gasteiger partial charge in [0.25, 0.3) is 0 Å². The average molecular weight is 394 g/mol. The molecule has 5 rings (SSSR count). The molecular formula is C23H17F3N2O. The third-order valence-corrected chi connectivity index (χ3v) is 5.52. The summed E-state index contributed by atoms with van der Waals surface area (Å²) < 4.78 is 38.2. The number of phenols is 1. The highest BCUT2D eigenvalue weighted by Gasteiger charge is 2.42. The SMILES string of the molecule is Oc1ccccc1-c1ccc2nc(C3CC3c3ccc(C(F)(F)F)cc3)[nH]c2c1. The van der Waals surface area contributed by atoms with E-state index < -0.39 is 11.7 Å². The van der Waals surface area contributed by atoms with Crippen molar-refractivity contribution in [3.63, 3.8) is 0 Å². The number of benzene rings is 3. The van der Waals surface area contributed by atoms with Crippen molar-refractivity contribution in [3.8, 4) is 16.9 Å². The standard InChI is InChI=1S/C23H17F3N2O/c24-23(25,26)15-8-5-13(6-9-15)17-12-18(17)22-27-19-10-7-14(11-20(19)28-22)16-3-1-2-4-21(16)29/h1-11,17-18,29H,12H2,(H,27,28). The molecule has 4 aromatic rings. The van der Waals surface area contributed by atoms with E-state index in [1.807, 2.05) is 30.3 Å². The fourth-order valence-corrected chi connectivity index (χ4v) is 3.88. The van der Waals surface area contributed by atoms with Gasteiger partial charge in [0, 0.05) is 11.5 Å². The lowest BCUT2D eigenvalue weighted by Gasteiger charge is -2.07. The molecule has 1 aliphatic rings. The molecule has 0 saturated heterocycles. The van der Waals surface area contributed by atoms with Crippen LogP contribution in [0.15, 0.2) is 66.7 Å². The van der Waals surface area contributed by atoms with Gasteiger partial charge >= 0.3 is 6.18 Å². The number of halogens is 3. The fraction of sp³-hybridized carbons (Fsp3) is 0.174. The Balaban J connectivity index is 1.40. The van der Waals surface area contributed by atoms with Gasteiger partial charge in [0.1, 0.15) is 11.6 Å². The number of H-pyrrole nitrogens is 1. The number of aromatic amines is 1. The van der Waals surface area contributed by atoms with Crippen molar-refractivity contribution in [3.05, 3.63) is 83.7 Å². The molecule has 0 bridgehead atoms. The zero-order chi connectivity index (χ0) is 20.2. The topological polar surface area (TPSA) is 48.9 Å². The third kappa shape index (κ3) is 3.24. The van der Waals surface area contributed by atoms with Gasteiger partial charge in [-0.25, -0.2) is 4.98 Å². The number of alkyl halides is 3. The number of nitrogens with one attached hydrogen (secondary N) is 1. The van der Waals surface area contributed by atoms with E-state index >= 15 is 0 Å². The Morgan fingerprint density at radius 2 is 1.69 bits per heavy atom. The third-order valence-electron chi connectivity index (χ3n) is 5.52. The smallest absolute Gasteiger partial charge is 0.416 e. The summed E-state index contributed by atoms with van der Waals surface area (Å²) in [5.41, 5.74) is 3.62. The number of imidazole rings is 1. The highest BCUT2D eigenvalue weighted by Crippen LogP contribution is 2.54. The Bertz CT molecular complexity index is 1190. The summed E-state index contributed by atoms with van der Waals surface area (Å²) >= 11 is 0. The van der Waals surface area contributed by atoms with E-state index in [0.29, 0.717) is 0 Å². The van der Waals surface area contributed by atoms with Crippen molar-refractivity contribution in [2.45, 2.75) is 24.4 Å². The van der Waals surface area contributed by atoms with Crippen molar-refractivity contribution in [1.82, 2.24) is 9.97 Å². The number of fused-ring (bicyclic) bond motifs is 1. The van der Waals surface area contributed by atoms with Gasteiger partial charge in [0.2, 0.25) is 0 Å². The zero-order valence-corrected chi connectivity index (χ0v) is 15.2. The lowest BCUT2D eigenvalue weighted by atomic mass is 10.0. The summed E-state index contributed by atoms with van der Waals surface area (Å²) in [5, 5.41) is 10.1. The van der Waals surface area contributed by atoms with Crippen LogP contribution in [0.25, 0.3) is 22.2 Å². The van der Waals surface area contributed by atoms with Crippen molar-refractivity contribution in [2.24, 2.45) is 0 Å². The predicted octanol–water partition coefficient (Wildman–Crippen LogP) is 6.23. The average Bonchev–Trinajstić information content (AvgIpc) is 3.39. The first-order valence-corrected chi connectivity index (χ1v) is 9.35. The van der Waals surface area contributed by atoms with Gasteiger partial charge in [-0.05, 0) is 53.8 Å². The van der Waals surface area contributed by atoms with Crippen molar-refractivity contribution in [1.29, 1.82) is 0 Å². The lowest BCUT2D eigenvalue weighted by Crippen LogP contribution is -2.04. The molecule has 2 unspecified atom stereocenters. The number of phenolic OH excluding ortho intramolecular Hbond substituents is 1. The van der Waals surface area contributed by atoms with E-state index in [1.165, 1.54) is 0 Å². The number of aromatic hydroxyl groups is 1. The maximum Gasteiger partial charge on any atom is 0.416 e. The van der Waals surface area contributed by atoms with Gasteiger partial charge in [0.15, 0.2) is 0 Å². The molecule has 0 amide bonds. The van der Waals surface area contributed by atoms with Crippen LogP contribution in [-0.4, -0.2) is 15.1 Å². The summed E-state index contributed by atoms with van der Waals surface area (Å²) in [6.07, 6.45) is -3.46. The highest BCUT2D eigenvalue weighted by atomic mass is 19.4. The molecule has 3 nitrogen and oxygen atoms in total. The monoisotopic (exact) mass is 394 g/mol. The number of para-hydroxylation sites is 1. The Hall–Kier alpha value is -3.28. The van der Waals surface area contributed by atoms with Crippen molar-refractivity contribution >= 4 is 11.0 Å². The predicted molar refractivity (Wildman–Crippen MR) is 105 cm³/mol. The maximum absolute atomic E-state index is 12.7. The lowest BCUT2D eigenvalue weighted by molar-refractivity contribution is -0.137. The minimum atomic E-state index is -4.31. The van der Waals surface area contributed by atoms with E-state index in [4.69, 9.17) is 0 Å². The fourth-order valence-electron chi connectivity index (χ4n) is 3.88. The number of aromatic nitrogens is 2. The van der Waals surface area contributed by atoms with Gasteiger partial charge in [-0.15, -0.1) is 0 Å². The van der Waals surface area contributed by atoms with E-state index in [2.05, 4.69) is 9.97 Å². The van der Waals surface area contributed by atoms with Gasteiger partial charge in [0.05, 0.1) is 16.6 Å². The van der Waals surface area contributed by atoms with Crippen LogP contribution in [0.5, 0.6) is 5.75 Å². The second-order valence-electron chi connectivity index (χ2n) is 7.44. The molecule has 0 radical (unpaired) electrons. The van der Waals surface area contributed by atoms with Crippen molar-refractivity contribution in [2.75, 3.05) is 0 Å². The number of hydrogen-bond acceptors (Lipinski definition) is 2. The molecule has 1 saturated carbocycles. The molecule has 1 aromatic heterocycles. The van der Waals surface area contributed by atoms with Gasteiger partial charge in [-0.3, -0.25) is 0 Å². The summed E-state index contributed by atoms with van der Waals surface area (Å²) in [7, 11) is 0. The molecule has 1 aliphatic carbocycles. The Kier molecular flexibility index (Phi) is 3.91. The highest BCUT2D eigenvalue weighted by molar-refractivity contribution is 5.83. The van der Waals surface area contributed by atoms with Crippen LogP contribution in [0.3, 0.4) is 0 Å². The minimum Gasteiger partial charge on any atom is -0.507 e. The van der Waals surface area contributed by atoms with Crippen molar-refractivity contribution < 1.29 is 18.3 Å². The molecule has 1 fully saturated rings. The van der Waals surface area contributed by atoms with Crippen LogP contribution in [-0.2, 0) is 6.18 Å². The summed E-state index contributed by atoms with van der Waals surface area (Å²) in [6.45, 7) is 0. The van der Waals surface area contributed by atoms with E-state index in [1.54, 1.807) is 24.3 Å². The second kappa shape index (κ2) is 6.37. The van der Waals surface area contributed by atoms with Crippen LogP contribution in [0.2, 0.25) is 0 Å². The van der Waals surface area contributed by atoms with Crippen LogP contribution < -0.4 is 0 Å². The summed E-state index contributed by atoms with van der Waals surface area (Å²) in [6, 6.07) is 18.3. The molecule has 3 aromatic carbocycles. The van der Waals surface area contributed by atoms with Crippen LogP contribution in [0.1, 0.15) is 35.2 Å². The number of nitrogens with zero attached hydrogens (tertiary/aromatic N) is 1. The largest absolute Gasteiger partial charge is 0.507 e. The second-order valence-corrected chi connectivity index (χ2v) is 7.44. The molecule has 2 atom stereocenters. The zero-order valence-electron chi connectivity index (χ0n) is 15.2. The molecule has 6 heteroatoms. The van der Waals surface area contributed by atoms with E-state index in [9.17, 15) is 18.3 Å². The molecule has 146 valence electrons. The van der Waals surface area contributed by atoms with E-state index in [-0.39, 0.29) is 17.6 Å². The Morgan fingerprint density at radius 1 is 0.931 bits per heavy atom. The van der Waals surface area contributed by atoms with Gasteiger partial charge in [-0.1, -0.05) is 36.4 Å². The van der Waals surface area contributed by atoms with Crippen LogP contribution in [0.4, 0.5) is 13.2 Å².